The van der Waals surface area contributed by atoms with E-state index < -0.39 is 0 Å². The maximum Gasteiger partial charge on any atom is 0.222 e. The average molecular weight is 480 g/mol. The van der Waals surface area contributed by atoms with Crippen LogP contribution in [0.1, 0.15) is 64.2 Å². The maximum absolute atomic E-state index is 13.3. The summed E-state index contributed by atoms with van der Waals surface area (Å²) in [5.74, 6) is 1.57. The minimum absolute atomic E-state index is 0.364. The molecule has 8 nitrogen and oxygen atoms in total. The molecule has 34 heavy (non-hydrogen) atoms. The smallest absolute Gasteiger partial charge is 0.222 e. The molecule has 5 aliphatic rings. The Morgan fingerprint density at radius 2 is 1.82 bits per heavy atom. The van der Waals surface area contributed by atoms with Crippen molar-refractivity contribution in [3.05, 3.63) is 0 Å². The first-order chi connectivity index (χ1) is 16.7. The number of nitrogens with one attached hydrogen (secondary N) is 2. The molecule has 5 rings (SSSR count). The lowest BCUT2D eigenvalue weighted by Gasteiger charge is -2.40. The van der Waals surface area contributed by atoms with Crippen molar-refractivity contribution in [2.75, 3.05) is 65.4 Å². The van der Waals surface area contributed by atoms with Crippen molar-refractivity contribution < 1.29 is 25.2 Å². The van der Waals surface area contributed by atoms with Gasteiger partial charge in [0.1, 0.15) is 18.8 Å². The summed E-state index contributed by atoms with van der Waals surface area (Å²) in [6.45, 7) is 11.4. The van der Waals surface area contributed by atoms with Crippen LogP contribution in [0.15, 0.2) is 0 Å². The van der Waals surface area contributed by atoms with E-state index in [1.807, 2.05) is 0 Å². The molecule has 5 heterocycles. The number of piperidine rings is 3. The third-order valence-corrected chi connectivity index (χ3v) is 9.46. The quantitative estimate of drug-likeness (QED) is 0.338. The largest absolute Gasteiger partial charge is 0.346 e. The maximum atomic E-state index is 13.3. The first-order valence-corrected chi connectivity index (χ1v) is 14.7. The molecule has 6 N–H and O–H groups in total. The molecule has 5 saturated heterocycles. The van der Waals surface area contributed by atoms with Crippen molar-refractivity contribution in [2.45, 2.75) is 82.5 Å². The van der Waals surface area contributed by atoms with Gasteiger partial charge in [0.15, 0.2) is 0 Å². The highest BCUT2D eigenvalue weighted by Crippen LogP contribution is 2.28. The van der Waals surface area contributed by atoms with Crippen LogP contribution in [0.25, 0.3) is 0 Å². The van der Waals surface area contributed by atoms with Crippen LogP contribution < -0.4 is 21.0 Å². The normalized spacial score (nSPS) is 36.6. The van der Waals surface area contributed by atoms with Gasteiger partial charge in [-0.25, -0.2) is 0 Å². The van der Waals surface area contributed by atoms with Crippen molar-refractivity contribution in [2.24, 2.45) is 11.8 Å². The van der Waals surface area contributed by atoms with E-state index in [0.29, 0.717) is 36.1 Å². The van der Waals surface area contributed by atoms with Gasteiger partial charge >= 0.3 is 0 Å². The number of amides is 1. The zero-order chi connectivity index (χ0) is 23.2. The summed E-state index contributed by atoms with van der Waals surface area (Å²) >= 11 is 0. The van der Waals surface area contributed by atoms with Crippen molar-refractivity contribution in [3.63, 3.8) is 0 Å². The molecule has 3 unspecified atom stereocenters. The highest BCUT2D eigenvalue weighted by molar-refractivity contribution is 5.76. The molecular weight excluding hydrogens is 428 g/mol. The third-order valence-electron chi connectivity index (χ3n) is 9.46. The van der Waals surface area contributed by atoms with Crippen LogP contribution >= 0.6 is 0 Å². The number of rotatable bonds is 7. The zero-order valence-corrected chi connectivity index (χ0v) is 21.4. The molecule has 0 aromatic heterocycles. The minimum Gasteiger partial charge on any atom is -0.346 e. The van der Waals surface area contributed by atoms with Gasteiger partial charge in [0.05, 0.1) is 32.7 Å². The van der Waals surface area contributed by atoms with Gasteiger partial charge in [0.2, 0.25) is 5.91 Å². The second-order valence-electron chi connectivity index (χ2n) is 11.9. The summed E-state index contributed by atoms with van der Waals surface area (Å²) in [5.41, 5.74) is 3.39. The third kappa shape index (κ3) is 6.71. The number of nitrogens with two attached hydrogens (primary N) is 2. The van der Waals surface area contributed by atoms with E-state index in [0.717, 1.165) is 52.0 Å². The lowest BCUT2D eigenvalue weighted by atomic mass is 9.79. The number of hydrogen-bond acceptors (Lipinski definition) is 4. The fourth-order valence-corrected chi connectivity index (χ4v) is 7.38. The fourth-order valence-electron chi connectivity index (χ4n) is 7.38. The Labute approximate surface area is 206 Å². The number of hydrogen-bond donors (Lipinski definition) is 4. The predicted molar refractivity (Wildman–Crippen MR) is 131 cm³/mol. The number of nitrogens with zero attached hydrogens (tertiary/aromatic N) is 2. The summed E-state index contributed by atoms with van der Waals surface area (Å²) < 4.78 is 0. The summed E-state index contributed by atoms with van der Waals surface area (Å²) in [7, 11) is 0. The van der Waals surface area contributed by atoms with Crippen molar-refractivity contribution >= 4 is 5.91 Å². The van der Waals surface area contributed by atoms with Crippen LogP contribution in [0, 0.1) is 11.8 Å². The van der Waals surface area contributed by atoms with E-state index in [9.17, 15) is 4.79 Å². The van der Waals surface area contributed by atoms with Gasteiger partial charge in [-0.05, 0) is 50.9 Å². The SMILES string of the molecule is O=C(C[C@H]1CC[NH2+]C[C@@H]1CC1CC(C[NH+]2CCCCC2)ON1)N1CCN(C2CCCC[NH2+]2)CC1. The molecule has 0 spiro atoms. The highest BCUT2D eigenvalue weighted by atomic mass is 16.7. The molecule has 5 atom stereocenters. The van der Waals surface area contributed by atoms with Gasteiger partial charge in [-0.2, -0.15) is 5.48 Å². The molecular formula is C26H51N6O2+3. The summed E-state index contributed by atoms with van der Waals surface area (Å²) in [5, 5.41) is 4.99. The van der Waals surface area contributed by atoms with Gasteiger partial charge in [0, 0.05) is 57.4 Å². The number of hydroxylamine groups is 1. The number of carbonyl (C=O) groups is 1. The topological polar surface area (TPSA) is 82.5 Å². The first kappa shape index (κ1) is 24.9. The molecule has 0 saturated carbocycles. The lowest BCUT2D eigenvalue weighted by Crippen LogP contribution is -3.13. The van der Waals surface area contributed by atoms with E-state index in [4.69, 9.17) is 4.84 Å². The van der Waals surface area contributed by atoms with Crippen molar-refractivity contribution in [1.29, 1.82) is 0 Å². The molecule has 0 bridgehead atoms. The Morgan fingerprint density at radius 3 is 2.62 bits per heavy atom. The van der Waals surface area contributed by atoms with Crippen LogP contribution in [0.3, 0.4) is 0 Å². The van der Waals surface area contributed by atoms with Crippen LogP contribution in [0.4, 0.5) is 0 Å². The Kier molecular flexibility index (Phi) is 9.13. The Balaban J connectivity index is 1.05. The van der Waals surface area contributed by atoms with Crippen molar-refractivity contribution in [1.82, 2.24) is 15.3 Å². The Morgan fingerprint density at radius 1 is 0.971 bits per heavy atom. The average Bonchev–Trinajstić information content (AvgIpc) is 3.33. The second kappa shape index (κ2) is 12.5. The summed E-state index contributed by atoms with van der Waals surface area (Å²) in [6, 6.07) is 0.457. The molecule has 8 heteroatoms. The molecule has 0 aromatic carbocycles. The van der Waals surface area contributed by atoms with E-state index in [-0.39, 0.29) is 0 Å². The van der Waals surface area contributed by atoms with E-state index in [1.165, 1.54) is 77.7 Å². The monoisotopic (exact) mass is 479 g/mol. The molecule has 0 aromatic rings. The van der Waals surface area contributed by atoms with Crippen LogP contribution in [0.2, 0.25) is 0 Å². The number of piperazine rings is 1. The number of carbonyl (C=O) groups excluding carboxylic acids is 1. The molecule has 5 fully saturated rings. The number of likely N-dealkylation sites (tertiary alicyclic amines) is 1. The van der Waals surface area contributed by atoms with Crippen LogP contribution in [-0.4, -0.2) is 99.5 Å². The first-order valence-electron chi connectivity index (χ1n) is 14.7. The summed E-state index contributed by atoms with van der Waals surface area (Å²) in [4.78, 5) is 25.8. The molecule has 194 valence electrons. The number of quaternary nitrogens is 3. The van der Waals surface area contributed by atoms with Gasteiger partial charge in [-0.15, -0.1) is 0 Å². The van der Waals surface area contributed by atoms with Gasteiger partial charge in [0.25, 0.3) is 0 Å². The molecule has 5 aliphatic heterocycles. The predicted octanol–water partition coefficient (Wildman–Crippen LogP) is -2.09. The summed E-state index contributed by atoms with van der Waals surface area (Å²) in [6.07, 6.45) is 13.4. The highest BCUT2D eigenvalue weighted by Gasteiger charge is 2.37. The second-order valence-corrected chi connectivity index (χ2v) is 11.9. The molecule has 1 amide bonds. The van der Waals surface area contributed by atoms with Crippen LogP contribution in [-0.2, 0) is 9.63 Å². The lowest BCUT2D eigenvalue weighted by molar-refractivity contribution is -0.907. The van der Waals surface area contributed by atoms with E-state index in [1.54, 1.807) is 4.90 Å². The Hall–Kier alpha value is -0.770. The van der Waals surface area contributed by atoms with Crippen molar-refractivity contribution in [3.8, 4) is 0 Å². The zero-order valence-electron chi connectivity index (χ0n) is 21.4. The van der Waals surface area contributed by atoms with Gasteiger partial charge < -0.3 is 20.4 Å². The Bertz CT molecular complexity index is 631. The molecule has 0 radical (unpaired) electrons. The molecule has 0 aliphatic carbocycles. The fraction of sp³-hybridized carbons (Fsp3) is 0.962. The minimum atomic E-state index is 0.364. The van der Waals surface area contributed by atoms with Gasteiger partial charge in [-0.1, -0.05) is 0 Å². The van der Waals surface area contributed by atoms with Crippen LogP contribution in [0.5, 0.6) is 0 Å². The van der Waals surface area contributed by atoms with E-state index >= 15 is 0 Å². The van der Waals surface area contributed by atoms with E-state index in [2.05, 4.69) is 25.9 Å². The standard InChI is InChI=1S/C26H48N6O2/c33-26(32-14-12-31(13-15-32)25-6-2-3-8-28-25)17-21-7-9-27-19-22(21)16-23-18-24(34-29-23)20-30-10-4-1-5-11-30/h21-25,27-29H,1-20H2/p+3/t21-,22+,23?,24?,25?/m1/s1. The van der Waals surface area contributed by atoms with Gasteiger partial charge in [-0.3, -0.25) is 14.5 Å².